The van der Waals surface area contributed by atoms with E-state index >= 15 is 0 Å². The van der Waals surface area contributed by atoms with Gasteiger partial charge in [0, 0.05) is 36.0 Å². The van der Waals surface area contributed by atoms with E-state index in [1.54, 1.807) is 35.2 Å². The molecule has 1 atom stereocenters. The minimum absolute atomic E-state index is 0.0916. The molecule has 1 unspecified atom stereocenters. The van der Waals surface area contributed by atoms with E-state index in [1.165, 1.54) is 19.2 Å². The lowest BCUT2D eigenvalue weighted by atomic mass is 10.1. The predicted molar refractivity (Wildman–Crippen MR) is 112 cm³/mol. The molecular weight excluding hydrogens is 418 g/mol. The number of hydrogen-bond acceptors (Lipinski definition) is 7. The molecule has 0 bridgehead atoms. The molecule has 2 aliphatic heterocycles. The number of carbonyl (C=O) groups is 4. The number of hydrogen-bond donors (Lipinski definition) is 2. The van der Waals surface area contributed by atoms with E-state index in [0.29, 0.717) is 28.4 Å². The van der Waals surface area contributed by atoms with Gasteiger partial charge in [-0.25, -0.2) is 0 Å². The average Bonchev–Trinajstić information content (AvgIpc) is 3.43. The Kier molecular flexibility index (Phi) is 5.93. The van der Waals surface area contributed by atoms with Crippen LogP contribution in [0.5, 0.6) is 11.5 Å². The fourth-order valence-corrected chi connectivity index (χ4v) is 3.46. The van der Waals surface area contributed by atoms with Gasteiger partial charge in [0.2, 0.25) is 18.6 Å². The Morgan fingerprint density at radius 1 is 1.09 bits per heavy atom. The zero-order chi connectivity index (χ0) is 22.7. The summed E-state index contributed by atoms with van der Waals surface area (Å²) in [6.07, 6.45) is 0.0916. The molecule has 2 heterocycles. The summed E-state index contributed by atoms with van der Waals surface area (Å²) in [5, 5.41) is 5.21. The zero-order valence-electron chi connectivity index (χ0n) is 17.3. The Hall–Kier alpha value is -4.08. The highest BCUT2D eigenvalue weighted by Gasteiger charge is 2.35. The first kappa shape index (κ1) is 21.2. The maximum atomic E-state index is 12.7. The number of nitrogens with zero attached hydrogens (tertiary/aromatic N) is 1. The molecule has 10 nitrogen and oxygen atoms in total. The summed E-state index contributed by atoms with van der Waals surface area (Å²) in [6, 6.07) is 11.4. The Morgan fingerprint density at radius 2 is 1.84 bits per heavy atom. The molecule has 166 valence electrons. The molecule has 10 heteroatoms. The molecule has 0 aromatic heterocycles. The second-order valence-electron chi connectivity index (χ2n) is 7.27. The number of nitrogens with one attached hydrogen (secondary N) is 2. The van der Waals surface area contributed by atoms with Crippen LogP contribution in [-0.2, 0) is 19.1 Å². The second-order valence-corrected chi connectivity index (χ2v) is 7.27. The summed E-state index contributed by atoms with van der Waals surface area (Å²) in [5.41, 5.74) is 1.47. The van der Waals surface area contributed by atoms with E-state index in [0.717, 1.165) is 0 Å². The first-order chi connectivity index (χ1) is 15.4. The predicted octanol–water partition coefficient (Wildman–Crippen LogP) is 1.31. The van der Waals surface area contributed by atoms with Crippen LogP contribution >= 0.6 is 0 Å². The Bertz CT molecular complexity index is 1070. The van der Waals surface area contributed by atoms with Crippen molar-refractivity contribution in [3.05, 3.63) is 48.0 Å². The van der Waals surface area contributed by atoms with Gasteiger partial charge in [0.05, 0.1) is 13.0 Å². The first-order valence-corrected chi connectivity index (χ1v) is 9.90. The molecule has 2 aromatic rings. The number of fused-ring (bicyclic) bond motifs is 1. The molecule has 3 amide bonds. The van der Waals surface area contributed by atoms with Crippen molar-refractivity contribution in [2.24, 2.45) is 5.92 Å². The standard InChI is InChI=1S/C22H21N3O7/c1-30-20(27)10-23-21(28)13-2-4-15(5-3-13)24-22(29)14-8-19(26)25(11-14)16-6-7-17-18(9-16)32-12-31-17/h2-7,9,14H,8,10-12H2,1H3,(H,23,28)(H,24,29). The minimum atomic E-state index is -0.553. The van der Waals surface area contributed by atoms with Crippen molar-refractivity contribution in [3.8, 4) is 11.5 Å². The van der Waals surface area contributed by atoms with Gasteiger partial charge in [0.25, 0.3) is 5.91 Å². The molecule has 0 saturated carbocycles. The Labute approximate surface area is 183 Å². The number of rotatable bonds is 6. The number of benzene rings is 2. The van der Waals surface area contributed by atoms with Gasteiger partial charge < -0.3 is 29.7 Å². The maximum absolute atomic E-state index is 12.7. The molecule has 0 aliphatic carbocycles. The van der Waals surface area contributed by atoms with E-state index in [-0.39, 0.29) is 38.1 Å². The highest BCUT2D eigenvalue weighted by molar-refractivity contribution is 6.04. The molecular formula is C22H21N3O7. The normalized spacial score (nSPS) is 16.6. The summed E-state index contributed by atoms with van der Waals surface area (Å²) < 4.78 is 15.1. The van der Waals surface area contributed by atoms with Crippen LogP contribution in [0, 0.1) is 5.92 Å². The average molecular weight is 439 g/mol. The van der Waals surface area contributed by atoms with Gasteiger partial charge in [-0.2, -0.15) is 0 Å². The Balaban J connectivity index is 1.34. The van der Waals surface area contributed by atoms with E-state index < -0.39 is 17.8 Å². The van der Waals surface area contributed by atoms with Crippen LogP contribution in [0.25, 0.3) is 0 Å². The molecule has 32 heavy (non-hydrogen) atoms. The monoisotopic (exact) mass is 439 g/mol. The summed E-state index contributed by atoms with van der Waals surface area (Å²) in [6.45, 7) is 0.158. The van der Waals surface area contributed by atoms with Gasteiger partial charge >= 0.3 is 5.97 Å². The number of anilines is 2. The lowest BCUT2D eigenvalue weighted by Crippen LogP contribution is -2.30. The summed E-state index contributed by atoms with van der Waals surface area (Å²) in [4.78, 5) is 49.9. The van der Waals surface area contributed by atoms with E-state index in [2.05, 4.69) is 15.4 Å². The van der Waals surface area contributed by atoms with Gasteiger partial charge in [-0.3, -0.25) is 19.2 Å². The fraction of sp³-hybridized carbons (Fsp3) is 0.273. The van der Waals surface area contributed by atoms with Gasteiger partial charge in [-0.1, -0.05) is 0 Å². The topological polar surface area (TPSA) is 123 Å². The molecule has 4 rings (SSSR count). The van der Waals surface area contributed by atoms with E-state index in [4.69, 9.17) is 9.47 Å². The van der Waals surface area contributed by atoms with Crippen LogP contribution in [0.4, 0.5) is 11.4 Å². The van der Waals surface area contributed by atoms with Crippen LogP contribution in [0.15, 0.2) is 42.5 Å². The van der Waals surface area contributed by atoms with Crippen molar-refractivity contribution in [2.75, 3.05) is 37.2 Å². The third-order valence-corrected chi connectivity index (χ3v) is 5.20. The number of esters is 1. The van der Waals surface area contributed by atoms with Crippen LogP contribution in [0.1, 0.15) is 16.8 Å². The molecule has 0 radical (unpaired) electrons. The number of methoxy groups -OCH3 is 1. The molecule has 1 saturated heterocycles. The van der Waals surface area contributed by atoms with E-state index in [1.807, 2.05) is 0 Å². The molecule has 1 fully saturated rings. The Morgan fingerprint density at radius 3 is 2.59 bits per heavy atom. The van der Waals surface area contributed by atoms with Gasteiger partial charge in [-0.15, -0.1) is 0 Å². The number of ether oxygens (including phenoxy) is 3. The van der Waals surface area contributed by atoms with E-state index in [9.17, 15) is 19.2 Å². The second kappa shape index (κ2) is 8.96. The quantitative estimate of drug-likeness (QED) is 0.651. The van der Waals surface area contributed by atoms with Crippen molar-refractivity contribution in [1.29, 1.82) is 0 Å². The third kappa shape index (κ3) is 4.48. The third-order valence-electron chi connectivity index (χ3n) is 5.20. The van der Waals surface area contributed by atoms with Crippen molar-refractivity contribution >= 4 is 35.1 Å². The summed E-state index contributed by atoms with van der Waals surface area (Å²) >= 11 is 0. The largest absolute Gasteiger partial charge is 0.468 e. The number of carbonyl (C=O) groups excluding carboxylic acids is 4. The molecule has 2 aliphatic rings. The highest BCUT2D eigenvalue weighted by Crippen LogP contribution is 2.37. The van der Waals surface area contributed by atoms with Crippen molar-refractivity contribution in [1.82, 2.24) is 5.32 Å². The van der Waals surface area contributed by atoms with Gasteiger partial charge in [-0.05, 0) is 36.4 Å². The minimum Gasteiger partial charge on any atom is -0.468 e. The van der Waals surface area contributed by atoms with Crippen LogP contribution in [0.2, 0.25) is 0 Å². The smallest absolute Gasteiger partial charge is 0.325 e. The first-order valence-electron chi connectivity index (χ1n) is 9.90. The van der Waals surface area contributed by atoms with Crippen molar-refractivity contribution in [2.45, 2.75) is 6.42 Å². The lowest BCUT2D eigenvalue weighted by Gasteiger charge is -2.17. The van der Waals surface area contributed by atoms with Crippen molar-refractivity contribution in [3.63, 3.8) is 0 Å². The summed E-state index contributed by atoms with van der Waals surface area (Å²) in [7, 11) is 1.23. The van der Waals surface area contributed by atoms with Crippen LogP contribution < -0.4 is 25.0 Å². The van der Waals surface area contributed by atoms with Gasteiger partial charge in [0.1, 0.15) is 6.54 Å². The summed E-state index contributed by atoms with van der Waals surface area (Å²) in [5.74, 6) is -0.754. The maximum Gasteiger partial charge on any atom is 0.325 e. The molecule has 2 aromatic carbocycles. The van der Waals surface area contributed by atoms with Crippen molar-refractivity contribution < 1.29 is 33.4 Å². The zero-order valence-corrected chi connectivity index (χ0v) is 17.3. The SMILES string of the molecule is COC(=O)CNC(=O)c1ccc(NC(=O)C2CC(=O)N(c3ccc4c(c3)OCO4)C2)cc1. The molecule has 2 N–H and O–H groups in total. The number of amides is 3. The van der Waals surface area contributed by atoms with Crippen LogP contribution in [-0.4, -0.2) is 50.7 Å². The molecule has 0 spiro atoms. The van der Waals surface area contributed by atoms with Crippen LogP contribution in [0.3, 0.4) is 0 Å². The van der Waals surface area contributed by atoms with Gasteiger partial charge in [0.15, 0.2) is 11.5 Å². The highest BCUT2D eigenvalue weighted by atomic mass is 16.7. The lowest BCUT2D eigenvalue weighted by molar-refractivity contribution is -0.139. The fourth-order valence-electron chi connectivity index (χ4n) is 3.46.